The summed E-state index contributed by atoms with van der Waals surface area (Å²) in [5, 5.41) is 13.5. The van der Waals surface area contributed by atoms with Crippen LogP contribution < -0.4 is 5.32 Å². The summed E-state index contributed by atoms with van der Waals surface area (Å²) in [5.74, 6) is -0.468. The van der Waals surface area contributed by atoms with Gasteiger partial charge in [0.15, 0.2) is 9.84 Å². The summed E-state index contributed by atoms with van der Waals surface area (Å²) in [5.41, 5.74) is 0.471. The SMILES string of the molecule is CS(=O)(=O)c1cccc(NC(=O)Cc2ccccc2[N+](=O)[O-])c1. The van der Waals surface area contributed by atoms with Crippen molar-refractivity contribution in [1.29, 1.82) is 0 Å². The van der Waals surface area contributed by atoms with E-state index in [1.807, 2.05) is 0 Å². The van der Waals surface area contributed by atoms with Crippen molar-refractivity contribution in [2.75, 3.05) is 11.6 Å². The molecule has 7 nitrogen and oxygen atoms in total. The van der Waals surface area contributed by atoms with E-state index < -0.39 is 20.7 Å². The molecule has 0 aliphatic heterocycles. The van der Waals surface area contributed by atoms with E-state index in [1.165, 1.54) is 36.4 Å². The molecule has 1 N–H and O–H groups in total. The lowest BCUT2D eigenvalue weighted by Gasteiger charge is -2.07. The fourth-order valence-electron chi connectivity index (χ4n) is 2.02. The second-order valence-corrected chi connectivity index (χ2v) is 6.93. The topological polar surface area (TPSA) is 106 Å². The zero-order chi connectivity index (χ0) is 17.0. The fraction of sp³-hybridized carbons (Fsp3) is 0.133. The number of nitrogens with one attached hydrogen (secondary N) is 1. The Morgan fingerprint density at radius 2 is 1.87 bits per heavy atom. The van der Waals surface area contributed by atoms with Gasteiger partial charge >= 0.3 is 0 Å². The van der Waals surface area contributed by atoms with Crippen LogP contribution in [0.4, 0.5) is 11.4 Å². The van der Waals surface area contributed by atoms with Crippen molar-refractivity contribution in [3.05, 3.63) is 64.2 Å². The Balaban J connectivity index is 2.17. The van der Waals surface area contributed by atoms with Gasteiger partial charge in [0.1, 0.15) is 0 Å². The van der Waals surface area contributed by atoms with Crippen LogP contribution in [0.3, 0.4) is 0 Å². The second-order valence-electron chi connectivity index (χ2n) is 4.91. The largest absolute Gasteiger partial charge is 0.326 e. The van der Waals surface area contributed by atoms with Crippen LogP contribution in [0.25, 0.3) is 0 Å². The number of carbonyl (C=O) groups is 1. The average Bonchev–Trinajstić information content (AvgIpc) is 2.46. The first-order valence-corrected chi connectivity index (χ1v) is 8.49. The normalized spacial score (nSPS) is 11.0. The van der Waals surface area contributed by atoms with E-state index in [4.69, 9.17) is 0 Å². The molecule has 2 aromatic carbocycles. The van der Waals surface area contributed by atoms with Gasteiger partial charge in [-0.1, -0.05) is 24.3 Å². The maximum atomic E-state index is 12.0. The highest BCUT2D eigenvalue weighted by Crippen LogP contribution is 2.19. The Hall–Kier alpha value is -2.74. The van der Waals surface area contributed by atoms with Crippen LogP contribution in [0.5, 0.6) is 0 Å². The maximum Gasteiger partial charge on any atom is 0.273 e. The number of anilines is 1. The molecule has 0 saturated carbocycles. The van der Waals surface area contributed by atoms with E-state index in [2.05, 4.69) is 5.32 Å². The molecule has 23 heavy (non-hydrogen) atoms. The van der Waals surface area contributed by atoms with Crippen molar-refractivity contribution in [3.63, 3.8) is 0 Å². The third-order valence-corrected chi connectivity index (χ3v) is 4.20. The third kappa shape index (κ3) is 4.36. The summed E-state index contributed by atoms with van der Waals surface area (Å²) < 4.78 is 23.0. The molecular formula is C15H14N2O5S. The Morgan fingerprint density at radius 3 is 2.52 bits per heavy atom. The molecule has 0 bridgehead atoms. The molecule has 1 amide bonds. The highest BCUT2D eigenvalue weighted by Gasteiger charge is 2.16. The number of sulfone groups is 1. The predicted octanol–water partition coefficient (Wildman–Crippen LogP) is 2.18. The minimum absolute atomic E-state index is 0.0843. The van der Waals surface area contributed by atoms with Crippen LogP contribution >= 0.6 is 0 Å². The van der Waals surface area contributed by atoms with Crippen LogP contribution in [0.15, 0.2) is 53.4 Å². The zero-order valence-corrected chi connectivity index (χ0v) is 13.0. The van der Waals surface area contributed by atoms with E-state index in [0.717, 1.165) is 6.26 Å². The second kappa shape index (κ2) is 6.57. The van der Waals surface area contributed by atoms with Gasteiger partial charge in [-0.25, -0.2) is 8.42 Å². The van der Waals surface area contributed by atoms with Gasteiger partial charge in [0.05, 0.1) is 16.2 Å². The van der Waals surface area contributed by atoms with Crippen LogP contribution in [0, 0.1) is 10.1 Å². The van der Waals surface area contributed by atoms with Crippen molar-refractivity contribution in [3.8, 4) is 0 Å². The Labute approximate surface area is 133 Å². The lowest BCUT2D eigenvalue weighted by molar-refractivity contribution is -0.385. The number of para-hydroxylation sites is 1. The van der Waals surface area contributed by atoms with E-state index in [1.54, 1.807) is 12.1 Å². The van der Waals surface area contributed by atoms with Gasteiger partial charge in [-0.2, -0.15) is 0 Å². The summed E-state index contributed by atoms with van der Waals surface area (Å²) in [6.45, 7) is 0. The fourth-order valence-corrected chi connectivity index (χ4v) is 2.69. The Bertz CT molecular complexity index is 862. The quantitative estimate of drug-likeness (QED) is 0.666. The number of hydrogen-bond donors (Lipinski definition) is 1. The molecule has 0 unspecified atom stereocenters. The maximum absolute atomic E-state index is 12.0. The summed E-state index contributed by atoms with van der Waals surface area (Å²) in [7, 11) is -3.38. The molecule has 0 saturated heterocycles. The molecule has 0 aliphatic rings. The molecule has 2 aromatic rings. The lowest BCUT2D eigenvalue weighted by Crippen LogP contribution is -2.15. The summed E-state index contributed by atoms with van der Waals surface area (Å²) in [4.78, 5) is 22.5. The molecule has 0 radical (unpaired) electrons. The van der Waals surface area contributed by atoms with Crippen molar-refractivity contribution < 1.29 is 18.1 Å². The van der Waals surface area contributed by atoms with E-state index in [9.17, 15) is 23.3 Å². The van der Waals surface area contributed by atoms with E-state index in [0.29, 0.717) is 5.69 Å². The van der Waals surface area contributed by atoms with Crippen LogP contribution in [0.2, 0.25) is 0 Å². The first-order chi connectivity index (χ1) is 10.8. The highest BCUT2D eigenvalue weighted by molar-refractivity contribution is 7.90. The average molecular weight is 334 g/mol. The van der Waals surface area contributed by atoms with Gasteiger partial charge in [0, 0.05) is 23.6 Å². The Morgan fingerprint density at radius 1 is 1.17 bits per heavy atom. The monoisotopic (exact) mass is 334 g/mol. The molecule has 0 aliphatic carbocycles. The van der Waals surface area contributed by atoms with Crippen molar-refractivity contribution in [2.45, 2.75) is 11.3 Å². The molecular weight excluding hydrogens is 320 g/mol. The van der Waals surface area contributed by atoms with Crippen molar-refractivity contribution >= 4 is 27.1 Å². The number of benzene rings is 2. The smallest absolute Gasteiger partial charge is 0.273 e. The van der Waals surface area contributed by atoms with E-state index >= 15 is 0 Å². The Kier molecular flexibility index (Phi) is 4.75. The van der Waals surface area contributed by atoms with Crippen molar-refractivity contribution in [1.82, 2.24) is 0 Å². The minimum atomic E-state index is -3.38. The van der Waals surface area contributed by atoms with E-state index in [-0.39, 0.29) is 22.6 Å². The number of rotatable bonds is 5. The van der Waals surface area contributed by atoms with Gasteiger partial charge in [0.25, 0.3) is 5.69 Å². The molecule has 0 spiro atoms. The number of amides is 1. The number of carbonyl (C=O) groups excluding carboxylic acids is 1. The molecule has 0 heterocycles. The molecule has 8 heteroatoms. The van der Waals surface area contributed by atoms with Gasteiger partial charge in [-0.15, -0.1) is 0 Å². The predicted molar refractivity (Wildman–Crippen MR) is 85.0 cm³/mol. The highest BCUT2D eigenvalue weighted by atomic mass is 32.2. The van der Waals surface area contributed by atoms with Gasteiger partial charge < -0.3 is 5.32 Å². The molecule has 0 aromatic heterocycles. The van der Waals surface area contributed by atoms with Crippen molar-refractivity contribution in [2.24, 2.45) is 0 Å². The first kappa shape index (κ1) is 16.6. The summed E-state index contributed by atoms with van der Waals surface area (Å²) in [6, 6.07) is 11.8. The van der Waals surface area contributed by atoms with Gasteiger partial charge in [-0.05, 0) is 18.2 Å². The number of nitro benzene ring substituents is 1. The summed E-state index contributed by atoms with van der Waals surface area (Å²) >= 11 is 0. The molecule has 120 valence electrons. The number of hydrogen-bond acceptors (Lipinski definition) is 5. The lowest BCUT2D eigenvalue weighted by atomic mass is 10.1. The molecule has 0 atom stereocenters. The minimum Gasteiger partial charge on any atom is -0.326 e. The molecule has 2 rings (SSSR count). The molecule has 0 fully saturated rings. The van der Waals surface area contributed by atoms with Crippen LogP contribution in [0.1, 0.15) is 5.56 Å². The third-order valence-electron chi connectivity index (χ3n) is 3.09. The first-order valence-electron chi connectivity index (χ1n) is 6.59. The van der Waals surface area contributed by atoms with Crippen LogP contribution in [-0.2, 0) is 21.1 Å². The number of nitrogens with zero attached hydrogens (tertiary/aromatic N) is 1. The van der Waals surface area contributed by atoms with Gasteiger partial charge in [-0.3, -0.25) is 14.9 Å². The van der Waals surface area contributed by atoms with Gasteiger partial charge in [0.2, 0.25) is 5.91 Å². The van der Waals surface area contributed by atoms with Crippen LogP contribution in [-0.4, -0.2) is 25.5 Å². The summed E-state index contributed by atoms with van der Waals surface area (Å²) in [6.07, 6.45) is 0.890. The zero-order valence-electron chi connectivity index (χ0n) is 12.2. The standard InChI is InChI=1S/C15H14N2O5S/c1-23(21,22)13-7-4-6-12(10-13)16-15(18)9-11-5-2-3-8-14(11)17(19)20/h2-8,10H,9H2,1H3,(H,16,18). The number of nitro groups is 1.